The number of benzene rings is 1. The van der Waals surface area contributed by atoms with Crippen molar-refractivity contribution in [3.63, 3.8) is 0 Å². The summed E-state index contributed by atoms with van der Waals surface area (Å²) in [6, 6.07) is 7.00. The number of nitrogens with one attached hydrogen (secondary N) is 1. The van der Waals surface area contributed by atoms with Crippen molar-refractivity contribution in [2.75, 3.05) is 11.9 Å². The molecule has 1 saturated carbocycles. The van der Waals surface area contributed by atoms with Crippen molar-refractivity contribution in [3.05, 3.63) is 24.3 Å². The summed E-state index contributed by atoms with van der Waals surface area (Å²) in [5.41, 5.74) is 0.294. The zero-order valence-corrected chi connectivity index (χ0v) is 9.45. The van der Waals surface area contributed by atoms with Gasteiger partial charge in [0.25, 0.3) is 0 Å². The highest BCUT2D eigenvalue weighted by molar-refractivity contribution is 5.47. The van der Waals surface area contributed by atoms with Crippen molar-refractivity contribution >= 4 is 5.69 Å². The molecule has 0 atom stereocenters. The van der Waals surface area contributed by atoms with Gasteiger partial charge < -0.3 is 15.5 Å². The van der Waals surface area contributed by atoms with E-state index in [1.54, 1.807) is 18.2 Å². The largest absolute Gasteiger partial charge is 0.508 e. The Balaban J connectivity index is 1.91. The average Bonchev–Trinajstić information content (AvgIpc) is 2.28. The number of anilines is 1. The molecular weight excluding hydrogens is 202 g/mol. The third kappa shape index (κ3) is 2.89. The summed E-state index contributed by atoms with van der Waals surface area (Å²) < 4.78 is 0. The van der Waals surface area contributed by atoms with Gasteiger partial charge in [-0.25, -0.2) is 0 Å². The zero-order valence-electron chi connectivity index (χ0n) is 9.45. The van der Waals surface area contributed by atoms with E-state index in [0.29, 0.717) is 6.54 Å². The lowest BCUT2D eigenvalue weighted by Crippen LogP contribution is -2.38. The van der Waals surface area contributed by atoms with E-state index in [-0.39, 0.29) is 5.75 Å². The van der Waals surface area contributed by atoms with E-state index in [2.05, 4.69) is 5.32 Å². The molecule has 3 N–H and O–H groups in total. The Kier molecular flexibility index (Phi) is 3.34. The van der Waals surface area contributed by atoms with Crippen molar-refractivity contribution in [3.8, 4) is 5.75 Å². The van der Waals surface area contributed by atoms with Gasteiger partial charge in [-0.15, -0.1) is 0 Å². The summed E-state index contributed by atoms with van der Waals surface area (Å²) in [7, 11) is 0. The number of rotatable bonds is 3. The topological polar surface area (TPSA) is 52.5 Å². The molecule has 0 spiro atoms. The fourth-order valence-electron chi connectivity index (χ4n) is 2.27. The fraction of sp³-hybridized carbons (Fsp3) is 0.538. The molecule has 2 rings (SSSR count). The minimum atomic E-state index is -0.566. The maximum atomic E-state index is 10.3. The maximum Gasteiger partial charge on any atom is 0.117 e. The highest BCUT2D eigenvalue weighted by Crippen LogP contribution is 2.28. The van der Waals surface area contributed by atoms with Crippen molar-refractivity contribution in [1.29, 1.82) is 0 Å². The number of hydrogen-bond donors (Lipinski definition) is 3. The Morgan fingerprint density at radius 3 is 2.62 bits per heavy atom. The molecule has 0 saturated heterocycles. The first-order valence-electron chi connectivity index (χ1n) is 5.93. The summed E-state index contributed by atoms with van der Waals surface area (Å²) in [6.45, 7) is 0.566. The van der Waals surface area contributed by atoms with Gasteiger partial charge in [-0.1, -0.05) is 25.3 Å². The van der Waals surface area contributed by atoms with Crippen LogP contribution in [0.4, 0.5) is 5.69 Å². The van der Waals surface area contributed by atoms with E-state index >= 15 is 0 Å². The number of aliphatic hydroxyl groups is 1. The maximum absolute atomic E-state index is 10.3. The van der Waals surface area contributed by atoms with E-state index in [0.717, 1.165) is 31.4 Å². The number of hydrogen-bond acceptors (Lipinski definition) is 3. The minimum absolute atomic E-state index is 0.251. The van der Waals surface area contributed by atoms with E-state index in [1.165, 1.54) is 6.42 Å². The Bertz CT molecular complexity index is 346. The standard InChI is InChI=1S/C13H19NO2/c15-12-6-4-5-11(9-12)14-10-13(16)7-2-1-3-8-13/h4-6,9,14-16H,1-3,7-8,10H2. The van der Waals surface area contributed by atoms with Crippen LogP contribution < -0.4 is 5.32 Å². The van der Waals surface area contributed by atoms with Crippen LogP contribution in [0.3, 0.4) is 0 Å². The van der Waals surface area contributed by atoms with Crippen molar-refractivity contribution < 1.29 is 10.2 Å². The first-order valence-corrected chi connectivity index (χ1v) is 5.93. The molecule has 1 aromatic carbocycles. The van der Waals surface area contributed by atoms with Crippen LogP contribution >= 0.6 is 0 Å². The van der Waals surface area contributed by atoms with E-state index in [9.17, 15) is 10.2 Å². The van der Waals surface area contributed by atoms with Crippen LogP contribution in [0.1, 0.15) is 32.1 Å². The van der Waals surface area contributed by atoms with Crippen molar-refractivity contribution in [1.82, 2.24) is 0 Å². The van der Waals surface area contributed by atoms with Crippen LogP contribution in [0, 0.1) is 0 Å². The Morgan fingerprint density at radius 2 is 1.94 bits per heavy atom. The van der Waals surface area contributed by atoms with E-state index in [1.807, 2.05) is 6.07 Å². The van der Waals surface area contributed by atoms with Crippen LogP contribution in [-0.2, 0) is 0 Å². The highest BCUT2D eigenvalue weighted by Gasteiger charge is 2.28. The average molecular weight is 221 g/mol. The molecule has 0 aromatic heterocycles. The molecule has 0 amide bonds. The third-order valence-corrected chi connectivity index (χ3v) is 3.25. The predicted molar refractivity (Wildman–Crippen MR) is 64.6 cm³/mol. The minimum Gasteiger partial charge on any atom is -0.508 e. The first kappa shape index (κ1) is 11.3. The van der Waals surface area contributed by atoms with Gasteiger partial charge in [-0.05, 0) is 25.0 Å². The molecule has 3 heteroatoms. The van der Waals surface area contributed by atoms with Crippen LogP contribution in [0.2, 0.25) is 0 Å². The number of aromatic hydroxyl groups is 1. The Labute approximate surface area is 96.1 Å². The SMILES string of the molecule is Oc1cccc(NCC2(O)CCCCC2)c1. The van der Waals surface area contributed by atoms with Crippen LogP contribution in [0.5, 0.6) is 5.75 Å². The molecule has 1 aliphatic carbocycles. The molecule has 88 valence electrons. The van der Waals surface area contributed by atoms with Crippen LogP contribution in [-0.4, -0.2) is 22.4 Å². The fourth-order valence-corrected chi connectivity index (χ4v) is 2.27. The zero-order chi connectivity index (χ0) is 11.4. The van der Waals surface area contributed by atoms with Crippen molar-refractivity contribution in [2.24, 2.45) is 0 Å². The molecule has 1 aromatic rings. The summed E-state index contributed by atoms with van der Waals surface area (Å²) >= 11 is 0. The smallest absolute Gasteiger partial charge is 0.117 e. The Hall–Kier alpha value is -1.22. The molecule has 0 bridgehead atoms. The Morgan fingerprint density at radius 1 is 1.19 bits per heavy atom. The third-order valence-electron chi connectivity index (χ3n) is 3.25. The van der Waals surface area contributed by atoms with Gasteiger partial charge in [-0.3, -0.25) is 0 Å². The lowest BCUT2D eigenvalue weighted by Gasteiger charge is -2.32. The normalized spacial score (nSPS) is 19.3. The van der Waals surface area contributed by atoms with Crippen molar-refractivity contribution in [2.45, 2.75) is 37.7 Å². The second kappa shape index (κ2) is 4.74. The van der Waals surface area contributed by atoms with Gasteiger partial charge in [0, 0.05) is 18.3 Å². The number of phenols is 1. The van der Waals surface area contributed by atoms with Gasteiger partial charge in [0.05, 0.1) is 5.60 Å². The van der Waals surface area contributed by atoms with Crippen LogP contribution in [0.15, 0.2) is 24.3 Å². The molecule has 16 heavy (non-hydrogen) atoms. The second-order valence-electron chi connectivity index (χ2n) is 4.69. The highest BCUT2D eigenvalue weighted by atomic mass is 16.3. The predicted octanol–water partition coefficient (Wildman–Crippen LogP) is 2.50. The summed E-state index contributed by atoms with van der Waals surface area (Å²) in [6.07, 6.45) is 5.20. The first-order chi connectivity index (χ1) is 7.68. The number of phenolic OH excluding ortho intramolecular Hbond substituents is 1. The molecule has 3 nitrogen and oxygen atoms in total. The molecular formula is C13H19NO2. The van der Waals surface area contributed by atoms with Gasteiger partial charge in [-0.2, -0.15) is 0 Å². The quantitative estimate of drug-likeness (QED) is 0.735. The monoisotopic (exact) mass is 221 g/mol. The second-order valence-corrected chi connectivity index (χ2v) is 4.69. The molecule has 0 radical (unpaired) electrons. The molecule has 0 aliphatic heterocycles. The van der Waals surface area contributed by atoms with Gasteiger partial charge in [0.15, 0.2) is 0 Å². The molecule has 0 unspecified atom stereocenters. The van der Waals surface area contributed by atoms with Gasteiger partial charge in [0.1, 0.15) is 5.75 Å². The summed E-state index contributed by atoms with van der Waals surface area (Å²) in [5, 5.41) is 22.8. The summed E-state index contributed by atoms with van der Waals surface area (Å²) in [4.78, 5) is 0. The lowest BCUT2D eigenvalue weighted by atomic mass is 9.85. The summed E-state index contributed by atoms with van der Waals surface area (Å²) in [5.74, 6) is 0.251. The molecule has 1 aliphatic rings. The van der Waals surface area contributed by atoms with E-state index < -0.39 is 5.60 Å². The van der Waals surface area contributed by atoms with Gasteiger partial charge in [0.2, 0.25) is 0 Å². The van der Waals surface area contributed by atoms with E-state index in [4.69, 9.17) is 0 Å². The lowest BCUT2D eigenvalue weighted by molar-refractivity contribution is 0.0167. The molecule has 1 fully saturated rings. The van der Waals surface area contributed by atoms with Gasteiger partial charge >= 0.3 is 0 Å². The molecule has 0 heterocycles. The van der Waals surface area contributed by atoms with Crippen LogP contribution in [0.25, 0.3) is 0 Å².